The first kappa shape index (κ1) is 15.2. The van der Waals surface area contributed by atoms with E-state index in [-0.39, 0.29) is 17.1 Å². The van der Waals surface area contributed by atoms with Gasteiger partial charge in [0.05, 0.1) is 22.9 Å². The summed E-state index contributed by atoms with van der Waals surface area (Å²) in [7, 11) is 0. The van der Waals surface area contributed by atoms with Crippen LogP contribution in [0.4, 0.5) is 0 Å². The topological polar surface area (TPSA) is 46.5 Å². The van der Waals surface area contributed by atoms with Gasteiger partial charge in [-0.25, -0.2) is 0 Å². The SMILES string of the molecule is O=C(C1=C(c2ccccc2)N=C2C=CC=CC2[13C]1=O)c1ccccc1. The van der Waals surface area contributed by atoms with Crippen LogP contribution in [0, 0.1) is 5.92 Å². The Kier molecular flexibility index (Phi) is 3.82. The minimum absolute atomic E-state index is 0.158. The molecule has 0 saturated heterocycles. The van der Waals surface area contributed by atoms with Gasteiger partial charge in [0.2, 0.25) is 0 Å². The van der Waals surface area contributed by atoms with Gasteiger partial charge in [-0.3, -0.25) is 14.6 Å². The minimum Gasteiger partial charge on any atom is -0.293 e. The Labute approximate surface area is 145 Å². The van der Waals surface area contributed by atoms with E-state index in [4.69, 9.17) is 0 Å². The molecule has 0 aromatic heterocycles. The van der Waals surface area contributed by atoms with E-state index in [1.54, 1.807) is 30.3 Å². The number of benzene rings is 2. The van der Waals surface area contributed by atoms with Crippen molar-refractivity contribution < 1.29 is 9.59 Å². The number of fused-ring (bicyclic) bond motifs is 1. The molecule has 1 aliphatic carbocycles. The van der Waals surface area contributed by atoms with E-state index < -0.39 is 5.92 Å². The molecular formula is C22H15NO2. The number of rotatable bonds is 3. The van der Waals surface area contributed by atoms with Crippen LogP contribution in [0.3, 0.4) is 0 Å². The van der Waals surface area contributed by atoms with Crippen LogP contribution in [0.25, 0.3) is 5.70 Å². The van der Waals surface area contributed by atoms with Gasteiger partial charge in [-0.15, -0.1) is 0 Å². The molecule has 0 saturated carbocycles. The zero-order chi connectivity index (χ0) is 17.2. The normalized spacial score (nSPS) is 18.8. The number of Topliss-reactive ketones (excluding diaryl/α,β-unsaturated/α-hetero) is 2. The highest BCUT2D eigenvalue weighted by Gasteiger charge is 2.35. The van der Waals surface area contributed by atoms with Crippen molar-refractivity contribution in [3.05, 3.63) is 102 Å². The summed E-state index contributed by atoms with van der Waals surface area (Å²) >= 11 is 0. The standard InChI is InChI=1S/C22H15NO2/c24-21(16-11-5-2-6-12-16)19-20(15-9-3-1-4-10-15)23-18-14-8-7-13-17(18)22(19)25/h1-14,17H/i22+1. The van der Waals surface area contributed by atoms with E-state index in [0.717, 1.165) is 5.56 Å². The summed E-state index contributed by atoms with van der Waals surface area (Å²) in [6.45, 7) is 0. The van der Waals surface area contributed by atoms with Crippen LogP contribution in [0.2, 0.25) is 0 Å². The fraction of sp³-hybridized carbons (Fsp3) is 0.0455. The Morgan fingerprint density at radius 3 is 2.28 bits per heavy atom. The van der Waals surface area contributed by atoms with Crippen molar-refractivity contribution in [2.75, 3.05) is 0 Å². The second kappa shape index (κ2) is 6.29. The number of carbonyl (C=O) groups is 2. The second-order valence-electron chi connectivity index (χ2n) is 5.91. The molecule has 120 valence electrons. The fourth-order valence-electron chi connectivity index (χ4n) is 3.08. The Morgan fingerprint density at radius 1 is 0.880 bits per heavy atom. The molecule has 1 unspecified atom stereocenters. The van der Waals surface area contributed by atoms with Crippen LogP contribution >= 0.6 is 0 Å². The number of aliphatic imine (C=N–C) groups is 1. The van der Waals surface area contributed by atoms with E-state index in [9.17, 15) is 9.59 Å². The fourth-order valence-corrected chi connectivity index (χ4v) is 3.08. The molecule has 2 aromatic carbocycles. The highest BCUT2D eigenvalue weighted by atomic mass is 16.2. The summed E-state index contributed by atoms with van der Waals surface area (Å²) in [5.41, 5.74) is 2.55. The largest absolute Gasteiger partial charge is 0.293 e. The summed E-state index contributed by atoms with van der Waals surface area (Å²) in [4.78, 5) is 30.9. The molecule has 3 heteroatoms. The molecule has 3 nitrogen and oxygen atoms in total. The molecule has 1 atom stereocenters. The third kappa shape index (κ3) is 2.70. The average Bonchev–Trinajstić information content (AvgIpc) is 2.69. The quantitative estimate of drug-likeness (QED) is 0.485. The summed E-state index contributed by atoms with van der Waals surface area (Å²) in [6.07, 6.45) is 7.30. The molecule has 2 aliphatic rings. The van der Waals surface area contributed by atoms with Gasteiger partial charge in [-0.05, 0) is 6.08 Å². The van der Waals surface area contributed by atoms with Crippen molar-refractivity contribution in [1.82, 2.24) is 0 Å². The first-order chi connectivity index (χ1) is 12.3. The Bertz CT molecular complexity index is 964. The molecule has 0 fully saturated rings. The molecule has 1 aliphatic heterocycles. The summed E-state index contributed by atoms with van der Waals surface area (Å²) < 4.78 is 0. The summed E-state index contributed by atoms with van der Waals surface area (Å²) in [5, 5.41) is 0. The average molecular weight is 326 g/mol. The number of nitrogens with zero attached hydrogens (tertiary/aromatic N) is 1. The summed E-state index contributed by atoms with van der Waals surface area (Å²) in [5.74, 6) is -0.964. The Hall–Kier alpha value is -3.33. The van der Waals surface area contributed by atoms with Crippen molar-refractivity contribution in [3.8, 4) is 0 Å². The van der Waals surface area contributed by atoms with E-state index in [0.29, 0.717) is 17.0 Å². The van der Waals surface area contributed by atoms with E-state index in [1.165, 1.54) is 0 Å². The molecular weight excluding hydrogens is 311 g/mol. The van der Waals surface area contributed by atoms with Crippen LogP contribution in [0.15, 0.2) is 95.5 Å². The van der Waals surface area contributed by atoms with Crippen LogP contribution in [-0.2, 0) is 4.79 Å². The molecule has 0 radical (unpaired) electrons. The number of hydrogen-bond donors (Lipinski definition) is 0. The van der Waals surface area contributed by atoms with Gasteiger partial charge < -0.3 is 0 Å². The van der Waals surface area contributed by atoms with Crippen molar-refractivity contribution in [2.45, 2.75) is 0 Å². The zero-order valence-electron chi connectivity index (χ0n) is 13.4. The number of allylic oxidation sites excluding steroid dienone is 5. The zero-order valence-corrected chi connectivity index (χ0v) is 13.4. The van der Waals surface area contributed by atoms with Crippen molar-refractivity contribution in [1.29, 1.82) is 0 Å². The predicted octanol–water partition coefficient (Wildman–Crippen LogP) is 4.05. The van der Waals surface area contributed by atoms with Crippen molar-refractivity contribution >= 4 is 23.0 Å². The van der Waals surface area contributed by atoms with Gasteiger partial charge in [-0.1, -0.05) is 78.9 Å². The van der Waals surface area contributed by atoms with E-state index in [2.05, 4.69) is 4.99 Å². The summed E-state index contributed by atoms with van der Waals surface area (Å²) in [6, 6.07) is 18.3. The molecule has 1 heterocycles. The maximum Gasteiger partial charge on any atom is 0.198 e. The van der Waals surface area contributed by atoms with E-state index in [1.807, 2.05) is 54.6 Å². The Balaban J connectivity index is 1.93. The molecule has 0 spiro atoms. The van der Waals surface area contributed by atoms with E-state index >= 15 is 0 Å². The molecule has 4 rings (SSSR count). The lowest BCUT2D eigenvalue weighted by Gasteiger charge is -2.23. The monoisotopic (exact) mass is 326 g/mol. The lowest BCUT2D eigenvalue weighted by Crippen LogP contribution is -2.31. The lowest BCUT2D eigenvalue weighted by molar-refractivity contribution is -0.116. The smallest absolute Gasteiger partial charge is 0.198 e. The van der Waals surface area contributed by atoms with Gasteiger partial charge in [0.25, 0.3) is 0 Å². The van der Waals surface area contributed by atoms with Crippen LogP contribution in [0.1, 0.15) is 15.9 Å². The highest BCUT2D eigenvalue weighted by Crippen LogP contribution is 2.32. The van der Waals surface area contributed by atoms with Gasteiger partial charge in [0.1, 0.15) is 0 Å². The van der Waals surface area contributed by atoms with Gasteiger partial charge >= 0.3 is 0 Å². The number of carbonyl (C=O) groups excluding carboxylic acids is 2. The van der Waals surface area contributed by atoms with Gasteiger partial charge in [-0.2, -0.15) is 0 Å². The highest BCUT2D eigenvalue weighted by molar-refractivity contribution is 6.37. The number of hydrogen-bond acceptors (Lipinski definition) is 3. The first-order valence-electron chi connectivity index (χ1n) is 8.13. The third-order valence-corrected chi connectivity index (χ3v) is 4.32. The molecule has 0 N–H and O–H groups in total. The Morgan fingerprint density at radius 2 is 1.56 bits per heavy atom. The van der Waals surface area contributed by atoms with Gasteiger partial charge in [0, 0.05) is 11.1 Å². The van der Waals surface area contributed by atoms with Crippen molar-refractivity contribution in [2.24, 2.45) is 10.9 Å². The first-order valence-corrected chi connectivity index (χ1v) is 8.13. The molecule has 25 heavy (non-hydrogen) atoms. The van der Waals surface area contributed by atoms with Crippen LogP contribution in [0.5, 0.6) is 0 Å². The van der Waals surface area contributed by atoms with Gasteiger partial charge in [0.15, 0.2) is 11.6 Å². The van der Waals surface area contributed by atoms with Crippen LogP contribution in [-0.4, -0.2) is 17.3 Å². The van der Waals surface area contributed by atoms with Crippen molar-refractivity contribution in [3.63, 3.8) is 0 Å². The predicted molar refractivity (Wildman–Crippen MR) is 98.3 cm³/mol. The van der Waals surface area contributed by atoms with Crippen LogP contribution < -0.4 is 0 Å². The molecule has 0 bridgehead atoms. The molecule has 2 aromatic rings. The lowest BCUT2D eigenvalue weighted by atomic mass is 9.92. The third-order valence-electron chi connectivity index (χ3n) is 4.32. The maximum atomic E-state index is 13.1. The number of ketones is 2. The second-order valence-corrected chi connectivity index (χ2v) is 5.91. The minimum atomic E-state index is -0.486. The maximum absolute atomic E-state index is 13.1. The molecule has 0 amide bonds.